The third kappa shape index (κ3) is 3.61. The van der Waals surface area contributed by atoms with Crippen molar-refractivity contribution in [3.8, 4) is 0 Å². The van der Waals surface area contributed by atoms with E-state index in [1.54, 1.807) is 24.1 Å². The van der Waals surface area contributed by atoms with E-state index < -0.39 is 36.9 Å². The molecule has 0 radical (unpaired) electrons. The smallest absolute Gasteiger partial charge is 0.262 e. The molecule has 2 atom stereocenters. The zero-order valence-corrected chi connectivity index (χ0v) is 13.3. The highest BCUT2D eigenvalue weighted by Crippen LogP contribution is 2.26. The summed E-state index contributed by atoms with van der Waals surface area (Å²) in [6, 6.07) is -1.63. The molecule has 3 rings (SSSR count). The number of carbonyl (C=O) groups excluding carboxylic acids is 2. The topological polar surface area (TPSA) is 79.3 Å². The summed E-state index contributed by atoms with van der Waals surface area (Å²) in [5, 5.41) is 9.05. The van der Waals surface area contributed by atoms with E-state index in [4.69, 9.17) is 0 Å². The first-order valence-corrected chi connectivity index (χ1v) is 7.07. The number of aromatic nitrogens is 2. The molecule has 1 aromatic rings. The highest BCUT2D eigenvalue weighted by Gasteiger charge is 2.43. The normalized spacial score (nSPS) is 26.2. The summed E-state index contributed by atoms with van der Waals surface area (Å²) in [4.78, 5) is 25.8. The summed E-state index contributed by atoms with van der Waals surface area (Å²) in [6.45, 7) is -0.0464. The van der Waals surface area contributed by atoms with Crippen molar-refractivity contribution in [2.24, 2.45) is 7.05 Å². The average molecular weight is 350 g/mol. The van der Waals surface area contributed by atoms with Crippen molar-refractivity contribution in [3.63, 3.8) is 0 Å². The fourth-order valence-corrected chi connectivity index (χ4v) is 2.79. The zero-order chi connectivity index (χ0) is 15.9. The lowest BCUT2D eigenvalue weighted by molar-refractivity contribution is -0.127. The zero-order valence-electron chi connectivity index (χ0n) is 12.5. The molecule has 2 aliphatic heterocycles. The first-order valence-electron chi connectivity index (χ1n) is 7.07. The van der Waals surface area contributed by atoms with Crippen LogP contribution in [0.25, 0.3) is 0 Å². The minimum atomic E-state index is -2.87. The number of nitrogens with one attached hydrogen (secondary N) is 2. The number of anilines is 1. The predicted octanol–water partition coefficient (Wildman–Crippen LogP) is 0.0606. The van der Waals surface area contributed by atoms with Crippen LogP contribution in [-0.4, -0.2) is 52.7 Å². The maximum absolute atomic E-state index is 13.1. The van der Waals surface area contributed by atoms with E-state index in [-0.39, 0.29) is 18.3 Å². The van der Waals surface area contributed by atoms with Crippen LogP contribution in [0.15, 0.2) is 12.4 Å². The number of nitrogens with zero attached hydrogens (tertiary/aromatic N) is 3. The monoisotopic (exact) mass is 349 g/mol. The molecule has 7 nitrogen and oxygen atoms in total. The van der Waals surface area contributed by atoms with Crippen molar-refractivity contribution < 1.29 is 18.4 Å². The molecule has 2 unspecified atom stereocenters. The van der Waals surface area contributed by atoms with Gasteiger partial charge in [-0.1, -0.05) is 0 Å². The molecular weight excluding hydrogens is 332 g/mol. The molecule has 0 aliphatic carbocycles. The van der Waals surface area contributed by atoms with Gasteiger partial charge < -0.3 is 10.2 Å². The van der Waals surface area contributed by atoms with Crippen LogP contribution in [0.4, 0.5) is 14.5 Å². The van der Waals surface area contributed by atoms with Crippen molar-refractivity contribution in [3.05, 3.63) is 12.4 Å². The molecule has 128 valence electrons. The van der Waals surface area contributed by atoms with E-state index in [1.807, 2.05) is 0 Å². The van der Waals surface area contributed by atoms with Gasteiger partial charge in [0.05, 0.1) is 24.5 Å². The molecule has 0 bridgehead atoms. The first kappa shape index (κ1) is 17.6. The van der Waals surface area contributed by atoms with E-state index in [2.05, 4.69) is 15.7 Å². The molecule has 1 aromatic heterocycles. The summed E-state index contributed by atoms with van der Waals surface area (Å²) >= 11 is 0. The van der Waals surface area contributed by atoms with Crippen LogP contribution in [0, 0.1) is 0 Å². The lowest BCUT2D eigenvalue weighted by Crippen LogP contribution is -2.48. The summed E-state index contributed by atoms with van der Waals surface area (Å²) < 4.78 is 27.8. The highest BCUT2D eigenvalue weighted by atomic mass is 35.5. The summed E-state index contributed by atoms with van der Waals surface area (Å²) in [5.41, 5.74) is 0.662. The highest BCUT2D eigenvalue weighted by molar-refractivity contribution is 6.01. The molecule has 0 saturated carbocycles. The number of aryl methyl sites for hydroxylation is 1. The van der Waals surface area contributed by atoms with Gasteiger partial charge in [-0.2, -0.15) is 5.10 Å². The number of halogens is 3. The number of hydrogen-bond acceptors (Lipinski definition) is 4. The fraction of sp³-hybridized carbons (Fsp3) is 0.615. The number of carbonyl (C=O) groups is 2. The molecule has 2 aliphatic rings. The van der Waals surface area contributed by atoms with E-state index >= 15 is 0 Å². The summed E-state index contributed by atoms with van der Waals surface area (Å²) in [7, 11) is 1.75. The molecule has 2 fully saturated rings. The number of hydrogen-bond donors (Lipinski definition) is 2. The van der Waals surface area contributed by atoms with Crippen LogP contribution >= 0.6 is 12.4 Å². The lowest BCUT2D eigenvalue weighted by atomic mass is 10.1. The van der Waals surface area contributed by atoms with Crippen molar-refractivity contribution in [1.82, 2.24) is 20.4 Å². The minimum Gasteiger partial charge on any atom is -0.343 e. The van der Waals surface area contributed by atoms with Crippen molar-refractivity contribution in [1.29, 1.82) is 0 Å². The standard InChI is InChI=1S/C13H17F2N5O2.ClH/c1-19-6-8(5-17-19)20-3-2-9(12(20)22)18-11(21)10-4-13(14,15)7-16-10;/h5-6,9-10,16H,2-4,7H2,1H3,(H,18,21);1H. The Morgan fingerprint density at radius 3 is 2.83 bits per heavy atom. The van der Waals surface area contributed by atoms with Gasteiger partial charge in [-0.25, -0.2) is 8.78 Å². The molecule has 2 N–H and O–H groups in total. The van der Waals surface area contributed by atoms with E-state index in [0.717, 1.165) is 0 Å². The van der Waals surface area contributed by atoms with Gasteiger partial charge in [0.15, 0.2) is 0 Å². The van der Waals surface area contributed by atoms with Crippen LogP contribution in [0.3, 0.4) is 0 Å². The van der Waals surface area contributed by atoms with Crippen LogP contribution in [0.5, 0.6) is 0 Å². The summed E-state index contributed by atoms with van der Waals surface area (Å²) in [6.07, 6.45) is 3.19. The quantitative estimate of drug-likeness (QED) is 0.809. The fourth-order valence-electron chi connectivity index (χ4n) is 2.79. The second-order valence-electron chi connectivity index (χ2n) is 5.71. The number of alkyl halides is 2. The van der Waals surface area contributed by atoms with Gasteiger partial charge in [-0.3, -0.25) is 19.6 Å². The Hall–Kier alpha value is -1.74. The van der Waals surface area contributed by atoms with Gasteiger partial charge in [-0.15, -0.1) is 12.4 Å². The Morgan fingerprint density at radius 1 is 1.52 bits per heavy atom. The van der Waals surface area contributed by atoms with E-state index in [9.17, 15) is 18.4 Å². The predicted molar refractivity (Wildman–Crippen MR) is 80.7 cm³/mol. The molecular formula is C13H18ClF2N5O2. The largest absolute Gasteiger partial charge is 0.343 e. The Morgan fingerprint density at radius 2 is 2.26 bits per heavy atom. The Balaban J connectivity index is 0.00000192. The molecule has 0 spiro atoms. The Kier molecular flexibility index (Phi) is 4.90. The third-order valence-corrected chi connectivity index (χ3v) is 3.95. The van der Waals surface area contributed by atoms with Gasteiger partial charge in [0.1, 0.15) is 6.04 Å². The Labute approximate surface area is 137 Å². The van der Waals surface area contributed by atoms with Crippen LogP contribution in [0.2, 0.25) is 0 Å². The maximum atomic E-state index is 13.1. The molecule has 2 amide bonds. The van der Waals surface area contributed by atoms with E-state index in [0.29, 0.717) is 18.7 Å². The Bertz CT molecular complexity index is 609. The third-order valence-electron chi connectivity index (χ3n) is 3.95. The van der Waals surface area contributed by atoms with Crippen molar-refractivity contribution in [2.45, 2.75) is 30.8 Å². The maximum Gasteiger partial charge on any atom is 0.262 e. The average Bonchev–Trinajstić information content (AvgIpc) is 3.11. The van der Waals surface area contributed by atoms with Crippen molar-refractivity contribution in [2.75, 3.05) is 18.0 Å². The molecule has 0 aromatic carbocycles. The van der Waals surface area contributed by atoms with Crippen LogP contribution in [-0.2, 0) is 16.6 Å². The van der Waals surface area contributed by atoms with Gasteiger partial charge in [0.2, 0.25) is 11.8 Å². The second-order valence-corrected chi connectivity index (χ2v) is 5.71. The minimum absolute atomic E-state index is 0. The first-order chi connectivity index (χ1) is 10.4. The molecule has 3 heterocycles. The van der Waals surface area contributed by atoms with Crippen LogP contribution < -0.4 is 15.5 Å². The SMILES string of the molecule is Cl.Cn1cc(N2CCC(NC(=O)C3CC(F)(F)CN3)C2=O)cn1. The number of amides is 2. The van der Waals surface area contributed by atoms with E-state index in [1.165, 1.54) is 4.90 Å². The molecule has 2 saturated heterocycles. The molecule has 10 heteroatoms. The lowest BCUT2D eigenvalue weighted by Gasteiger charge is -2.17. The van der Waals surface area contributed by atoms with Gasteiger partial charge in [-0.05, 0) is 6.42 Å². The number of rotatable bonds is 3. The second kappa shape index (κ2) is 6.40. The molecule has 23 heavy (non-hydrogen) atoms. The van der Waals surface area contributed by atoms with Crippen LogP contribution in [0.1, 0.15) is 12.8 Å². The van der Waals surface area contributed by atoms with Gasteiger partial charge in [0, 0.05) is 26.2 Å². The van der Waals surface area contributed by atoms with Gasteiger partial charge >= 0.3 is 0 Å². The van der Waals surface area contributed by atoms with Gasteiger partial charge in [0.25, 0.3) is 5.92 Å². The van der Waals surface area contributed by atoms with Crippen molar-refractivity contribution >= 4 is 29.9 Å². The summed E-state index contributed by atoms with van der Waals surface area (Å²) in [5.74, 6) is -3.67.